The lowest BCUT2D eigenvalue weighted by Crippen LogP contribution is -2.70. The van der Waals surface area contributed by atoms with Gasteiger partial charge in [-0.05, 0) is 109 Å². The number of allylic oxidation sites excluding steroid dienone is 2. The highest BCUT2D eigenvalue weighted by atomic mass is 16.4. The maximum absolute atomic E-state index is 14.3. The second kappa shape index (κ2) is 7.03. The molecular weight excluding hydrogens is 436 g/mol. The molecule has 4 saturated carbocycles. The second-order valence-electron chi connectivity index (χ2n) is 15.5. The van der Waals surface area contributed by atoms with Crippen molar-refractivity contribution >= 4 is 11.8 Å². The lowest BCUT2D eigenvalue weighted by molar-refractivity contribution is -0.243. The van der Waals surface area contributed by atoms with Gasteiger partial charge in [0.1, 0.15) is 0 Å². The molecule has 0 bridgehead atoms. The zero-order valence-electron chi connectivity index (χ0n) is 23.4. The maximum Gasteiger partial charge on any atom is 0.309 e. The summed E-state index contributed by atoms with van der Waals surface area (Å²) in [5.74, 6) is -0.327. The monoisotopic (exact) mass is 484 g/mol. The number of aliphatic hydroxyl groups excluding tert-OH is 1. The molecule has 4 nitrogen and oxygen atoms in total. The Morgan fingerprint density at radius 3 is 2.11 bits per heavy atom. The summed E-state index contributed by atoms with van der Waals surface area (Å²) in [5.41, 5.74) is -0.161. The molecule has 4 heteroatoms. The van der Waals surface area contributed by atoms with E-state index in [1.54, 1.807) is 0 Å². The average Bonchev–Trinajstić information content (AvgIpc) is 2.76. The first-order chi connectivity index (χ1) is 15.9. The van der Waals surface area contributed by atoms with Gasteiger partial charge < -0.3 is 10.2 Å². The van der Waals surface area contributed by atoms with Gasteiger partial charge >= 0.3 is 5.97 Å². The molecule has 0 aliphatic heterocycles. The predicted molar refractivity (Wildman–Crippen MR) is 138 cm³/mol. The Hall–Kier alpha value is -1.16. The fraction of sp³-hybridized carbons (Fsp3) is 0.871. The van der Waals surface area contributed by atoms with Crippen molar-refractivity contribution in [1.82, 2.24) is 0 Å². The Kier molecular flexibility index (Phi) is 5.12. The SMILES string of the molecule is CC1(C)[C@@H](O)CC[C@]2(C)[C@H]3C(=O)C=C4[C@H]5C[C@@](C)(C(=O)O)CC[C@]5(C)CC[C@@]4(C)[C@]3(C)CC[C@@]12C. The lowest BCUT2D eigenvalue weighted by Gasteiger charge is -2.73. The van der Waals surface area contributed by atoms with Gasteiger partial charge in [0.15, 0.2) is 5.78 Å². The first-order valence-corrected chi connectivity index (χ1v) is 14.1. The van der Waals surface area contributed by atoms with Gasteiger partial charge in [-0.25, -0.2) is 0 Å². The number of carbonyl (C=O) groups is 2. The van der Waals surface area contributed by atoms with Gasteiger partial charge in [-0.2, -0.15) is 0 Å². The minimum Gasteiger partial charge on any atom is -0.481 e. The van der Waals surface area contributed by atoms with Crippen molar-refractivity contribution in [3.8, 4) is 0 Å². The average molecular weight is 485 g/mol. The Bertz CT molecular complexity index is 1010. The van der Waals surface area contributed by atoms with Crippen LogP contribution in [0.25, 0.3) is 0 Å². The number of carbonyl (C=O) groups excluding carboxylic acids is 1. The maximum atomic E-state index is 14.3. The van der Waals surface area contributed by atoms with E-state index >= 15 is 0 Å². The molecule has 0 unspecified atom stereocenters. The Morgan fingerprint density at radius 1 is 0.857 bits per heavy atom. The van der Waals surface area contributed by atoms with Crippen LogP contribution in [0, 0.1) is 49.7 Å². The molecule has 196 valence electrons. The van der Waals surface area contributed by atoms with Crippen LogP contribution in [0.15, 0.2) is 11.6 Å². The molecule has 0 aromatic carbocycles. The van der Waals surface area contributed by atoms with E-state index in [0.29, 0.717) is 6.42 Å². The van der Waals surface area contributed by atoms with E-state index in [0.717, 1.165) is 51.4 Å². The van der Waals surface area contributed by atoms with E-state index in [1.165, 1.54) is 5.57 Å². The molecule has 0 aromatic rings. The number of ketones is 1. The van der Waals surface area contributed by atoms with Gasteiger partial charge in [0.2, 0.25) is 0 Å². The number of carboxylic acid groups (broad SMARTS) is 1. The van der Waals surface area contributed by atoms with E-state index in [9.17, 15) is 19.8 Å². The zero-order valence-corrected chi connectivity index (χ0v) is 23.4. The summed E-state index contributed by atoms with van der Waals surface area (Å²) in [6.07, 6.45) is 9.80. The van der Waals surface area contributed by atoms with E-state index in [4.69, 9.17) is 0 Å². The fourth-order valence-corrected chi connectivity index (χ4v) is 10.5. The second-order valence-corrected chi connectivity index (χ2v) is 15.5. The highest BCUT2D eigenvalue weighted by Gasteiger charge is 2.73. The quantitative estimate of drug-likeness (QED) is 0.429. The first kappa shape index (κ1) is 25.5. The Morgan fingerprint density at radius 2 is 1.49 bits per heavy atom. The minimum absolute atomic E-state index is 0.0620. The smallest absolute Gasteiger partial charge is 0.309 e. The van der Waals surface area contributed by atoms with Gasteiger partial charge in [-0.1, -0.05) is 54.0 Å². The fourth-order valence-electron chi connectivity index (χ4n) is 10.5. The molecule has 0 saturated heterocycles. The molecule has 5 rings (SSSR count). The van der Waals surface area contributed by atoms with Crippen LogP contribution in [0.5, 0.6) is 0 Å². The molecule has 5 aliphatic rings. The number of aliphatic hydroxyl groups is 1. The first-order valence-electron chi connectivity index (χ1n) is 14.1. The number of aliphatic carboxylic acids is 1. The van der Waals surface area contributed by atoms with Gasteiger partial charge in [-0.3, -0.25) is 9.59 Å². The largest absolute Gasteiger partial charge is 0.481 e. The van der Waals surface area contributed by atoms with Crippen molar-refractivity contribution < 1.29 is 19.8 Å². The van der Waals surface area contributed by atoms with Crippen molar-refractivity contribution in [3.63, 3.8) is 0 Å². The van der Waals surface area contributed by atoms with Crippen molar-refractivity contribution in [2.45, 2.75) is 119 Å². The van der Waals surface area contributed by atoms with Crippen LogP contribution in [0.2, 0.25) is 0 Å². The van der Waals surface area contributed by atoms with Gasteiger partial charge in [0.05, 0.1) is 11.5 Å². The van der Waals surface area contributed by atoms with Crippen molar-refractivity contribution in [1.29, 1.82) is 0 Å². The zero-order chi connectivity index (χ0) is 26.0. The summed E-state index contributed by atoms with van der Waals surface area (Å²) >= 11 is 0. The highest BCUT2D eigenvalue weighted by Crippen LogP contribution is 2.78. The molecule has 35 heavy (non-hydrogen) atoms. The predicted octanol–water partition coefficient (Wildman–Crippen LogP) is 6.80. The van der Waals surface area contributed by atoms with E-state index in [1.807, 2.05) is 13.0 Å². The number of hydrogen-bond acceptors (Lipinski definition) is 3. The third kappa shape index (κ3) is 2.79. The van der Waals surface area contributed by atoms with Gasteiger partial charge in [-0.15, -0.1) is 0 Å². The van der Waals surface area contributed by atoms with Crippen LogP contribution in [-0.2, 0) is 9.59 Å². The normalized spacial score (nSPS) is 55.1. The summed E-state index contributed by atoms with van der Waals surface area (Å²) < 4.78 is 0. The summed E-state index contributed by atoms with van der Waals surface area (Å²) in [4.78, 5) is 26.6. The Labute approximate surface area is 212 Å². The molecule has 2 N–H and O–H groups in total. The van der Waals surface area contributed by atoms with Crippen molar-refractivity contribution in [2.75, 3.05) is 0 Å². The van der Waals surface area contributed by atoms with Crippen molar-refractivity contribution in [2.24, 2.45) is 49.7 Å². The van der Waals surface area contributed by atoms with Gasteiger partial charge in [0, 0.05) is 5.92 Å². The van der Waals surface area contributed by atoms with E-state index in [2.05, 4.69) is 48.5 Å². The molecule has 0 radical (unpaired) electrons. The van der Waals surface area contributed by atoms with E-state index in [-0.39, 0.29) is 56.2 Å². The van der Waals surface area contributed by atoms with Crippen LogP contribution < -0.4 is 0 Å². The molecule has 4 fully saturated rings. The third-order valence-electron chi connectivity index (χ3n) is 14.2. The molecule has 0 aromatic heterocycles. The number of fused-ring (bicyclic) bond motifs is 7. The Balaban J connectivity index is 1.65. The molecule has 9 atom stereocenters. The summed E-state index contributed by atoms with van der Waals surface area (Å²) in [6, 6.07) is 0. The molecule has 0 heterocycles. The van der Waals surface area contributed by atoms with Crippen LogP contribution in [-0.4, -0.2) is 28.1 Å². The number of hydrogen-bond donors (Lipinski definition) is 2. The van der Waals surface area contributed by atoms with E-state index < -0.39 is 11.4 Å². The summed E-state index contributed by atoms with van der Waals surface area (Å²) in [5, 5.41) is 21.1. The highest BCUT2D eigenvalue weighted by molar-refractivity contribution is 5.96. The summed E-state index contributed by atoms with van der Waals surface area (Å²) in [7, 11) is 0. The molecule has 5 aliphatic carbocycles. The third-order valence-corrected chi connectivity index (χ3v) is 14.2. The number of carboxylic acids is 1. The standard InChI is InChI=1S/C31H48O4/c1-25(2)22(33)9-10-30(7)23-21(32)17-19-20-18-27(4,24(34)35)12-11-26(20,3)13-14-28(19,5)29(23,6)15-16-31(25,30)8/h17,20,22-23,33H,9-16,18H2,1-8H3,(H,34,35)/t20-,22+,23+,26-,27+,28-,29-,30-,31+/m1/s1. The van der Waals surface area contributed by atoms with Gasteiger partial charge in [0.25, 0.3) is 0 Å². The number of rotatable bonds is 1. The van der Waals surface area contributed by atoms with Crippen LogP contribution in [0.3, 0.4) is 0 Å². The molecule has 0 spiro atoms. The van der Waals surface area contributed by atoms with Crippen LogP contribution in [0.4, 0.5) is 0 Å². The summed E-state index contributed by atoms with van der Waals surface area (Å²) in [6.45, 7) is 18.2. The van der Waals surface area contributed by atoms with Crippen molar-refractivity contribution in [3.05, 3.63) is 11.6 Å². The topological polar surface area (TPSA) is 74.6 Å². The van der Waals surface area contributed by atoms with Crippen LogP contribution >= 0.6 is 0 Å². The minimum atomic E-state index is -0.718. The lowest BCUT2D eigenvalue weighted by atomic mass is 9.30. The molecular formula is C31H48O4. The van der Waals surface area contributed by atoms with Crippen LogP contribution in [0.1, 0.15) is 113 Å². The molecule has 0 amide bonds.